The molecule has 5 heteroatoms. The van der Waals surface area contributed by atoms with Crippen molar-refractivity contribution in [2.75, 3.05) is 19.0 Å². The van der Waals surface area contributed by atoms with Crippen molar-refractivity contribution in [2.45, 2.75) is 13.8 Å². The molecule has 1 aliphatic rings. The molecule has 0 aliphatic carbocycles. The number of aryl methyl sites for hydroxylation is 2. The van der Waals surface area contributed by atoms with Crippen molar-refractivity contribution >= 4 is 23.1 Å². The van der Waals surface area contributed by atoms with E-state index in [9.17, 15) is 9.59 Å². The van der Waals surface area contributed by atoms with Crippen molar-refractivity contribution in [1.82, 2.24) is 4.90 Å². The standard InChI is InChI=1S/C22H22N2O3/c1-5-10-24-21(25)19(17-8-6-7-9-18(17)27-4)20(22(24)26)23-16-12-14(2)11-15(3)13-16/h5-9,11-13,23H,1,10H2,2-4H3. The van der Waals surface area contributed by atoms with Gasteiger partial charge in [-0.05, 0) is 43.2 Å². The van der Waals surface area contributed by atoms with Crippen molar-refractivity contribution in [1.29, 1.82) is 0 Å². The van der Waals surface area contributed by atoms with Crippen LogP contribution in [0.25, 0.3) is 5.57 Å². The van der Waals surface area contributed by atoms with Crippen molar-refractivity contribution in [2.24, 2.45) is 0 Å². The molecule has 0 radical (unpaired) electrons. The molecular weight excluding hydrogens is 340 g/mol. The highest BCUT2D eigenvalue weighted by atomic mass is 16.5. The molecule has 138 valence electrons. The van der Waals surface area contributed by atoms with Gasteiger partial charge in [0.1, 0.15) is 11.4 Å². The fourth-order valence-corrected chi connectivity index (χ4v) is 3.28. The van der Waals surface area contributed by atoms with Crippen molar-refractivity contribution in [3.05, 3.63) is 77.5 Å². The Bertz CT molecular complexity index is 940. The number of ether oxygens (including phenoxy) is 1. The minimum atomic E-state index is -0.375. The van der Waals surface area contributed by atoms with Crippen LogP contribution in [0.15, 0.2) is 60.8 Å². The van der Waals surface area contributed by atoms with Crippen LogP contribution < -0.4 is 10.1 Å². The Hall–Kier alpha value is -3.34. The van der Waals surface area contributed by atoms with Crippen LogP contribution in [-0.2, 0) is 9.59 Å². The minimum Gasteiger partial charge on any atom is -0.496 e. The molecule has 27 heavy (non-hydrogen) atoms. The van der Waals surface area contributed by atoms with Crippen LogP contribution >= 0.6 is 0 Å². The lowest BCUT2D eigenvalue weighted by Crippen LogP contribution is -2.32. The average molecular weight is 362 g/mol. The summed E-state index contributed by atoms with van der Waals surface area (Å²) < 4.78 is 5.41. The topological polar surface area (TPSA) is 58.6 Å². The van der Waals surface area contributed by atoms with Gasteiger partial charge in [0.05, 0.1) is 12.7 Å². The van der Waals surface area contributed by atoms with Crippen molar-refractivity contribution in [3.8, 4) is 5.75 Å². The number of nitrogens with zero attached hydrogens (tertiary/aromatic N) is 1. The van der Waals surface area contributed by atoms with E-state index in [-0.39, 0.29) is 24.1 Å². The van der Waals surface area contributed by atoms with Gasteiger partial charge in [-0.3, -0.25) is 14.5 Å². The molecule has 1 aliphatic heterocycles. The van der Waals surface area contributed by atoms with E-state index in [0.717, 1.165) is 16.8 Å². The Morgan fingerprint density at radius 2 is 1.74 bits per heavy atom. The summed E-state index contributed by atoms with van der Waals surface area (Å²) >= 11 is 0. The van der Waals surface area contributed by atoms with Gasteiger partial charge in [-0.1, -0.05) is 30.3 Å². The first-order valence-electron chi connectivity index (χ1n) is 8.66. The van der Waals surface area contributed by atoms with Crippen LogP contribution in [0.1, 0.15) is 16.7 Å². The monoisotopic (exact) mass is 362 g/mol. The molecule has 5 nitrogen and oxygen atoms in total. The number of benzene rings is 2. The van der Waals surface area contributed by atoms with E-state index in [4.69, 9.17) is 4.74 Å². The Morgan fingerprint density at radius 1 is 1.07 bits per heavy atom. The summed E-state index contributed by atoms with van der Waals surface area (Å²) in [5.41, 5.74) is 4.02. The number of hydrogen-bond acceptors (Lipinski definition) is 4. The number of hydrogen-bond donors (Lipinski definition) is 1. The molecule has 0 saturated carbocycles. The first-order valence-corrected chi connectivity index (χ1v) is 8.66. The van der Waals surface area contributed by atoms with E-state index in [0.29, 0.717) is 16.9 Å². The number of imide groups is 1. The molecule has 0 spiro atoms. The van der Waals surface area contributed by atoms with Gasteiger partial charge in [-0.15, -0.1) is 6.58 Å². The third-order valence-corrected chi connectivity index (χ3v) is 4.35. The largest absolute Gasteiger partial charge is 0.496 e. The Balaban J connectivity index is 2.15. The number of para-hydroxylation sites is 1. The van der Waals surface area contributed by atoms with Gasteiger partial charge in [0.15, 0.2) is 0 Å². The summed E-state index contributed by atoms with van der Waals surface area (Å²) in [4.78, 5) is 27.2. The van der Waals surface area contributed by atoms with Gasteiger partial charge in [0, 0.05) is 17.8 Å². The predicted octanol–water partition coefficient (Wildman–Crippen LogP) is 3.69. The second-order valence-electron chi connectivity index (χ2n) is 6.46. The van der Waals surface area contributed by atoms with E-state index in [1.54, 1.807) is 19.2 Å². The quantitative estimate of drug-likeness (QED) is 0.629. The Labute approximate surface area is 158 Å². The zero-order chi connectivity index (χ0) is 19.6. The molecule has 2 aromatic rings. The number of carbonyl (C=O) groups excluding carboxylic acids is 2. The smallest absolute Gasteiger partial charge is 0.278 e. The molecule has 0 fully saturated rings. The maximum atomic E-state index is 13.0. The van der Waals surface area contributed by atoms with Crippen LogP contribution in [-0.4, -0.2) is 30.4 Å². The van der Waals surface area contributed by atoms with Crippen molar-refractivity contribution in [3.63, 3.8) is 0 Å². The van der Waals surface area contributed by atoms with E-state index >= 15 is 0 Å². The average Bonchev–Trinajstić information content (AvgIpc) is 2.85. The summed E-state index contributed by atoms with van der Waals surface area (Å²) in [7, 11) is 1.54. The maximum absolute atomic E-state index is 13.0. The van der Waals surface area contributed by atoms with Crippen LogP contribution in [0.4, 0.5) is 5.69 Å². The Morgan fingerprint density at radius 3 is 2.37 bits per heavy atom. The molecule has 0 bridgehead atoms. The van der Waals surface area contributed by atoms with Crippen LogP contribution in [0.5, 0.6) is 5.75 Å². The lowest BCUT2D eigenvalue weighted by atomic mass is 10.0. The zero-order valence-electron chi connectivity index (χ0n) is 15.7. The zero-order valence-corrected chi connectivity index (χ0v) is 15.7. The second kappa shape index (κ2) is 7.50. The van der Waals surface area contributed by atoms with Gasteiger partial charge < -0.3 is 10.1 Å². The highest BCUT2D eigenvalue weighted by molar-refractivity contribution is 6.37. The molecule has 0 unspecified atom stereocenters. The summed E-state index contributed by atoms with van der Waals surface area (Å²) in [6.45, 7) is 7.77. The lowest BCUT2D eigenvalue weighted by molar-refractivity contribution is -0.136. The SMILES string of the molecule is C=CCN1C(=O)C(Nc2cc(C)cc(C)c2)=C(c2ccccc2OC)C1=O. The lowest BCUT2D eigenvalue weighted by Gasteiger charge is -2.13. The summed E-state index contributed by atoms with van der Waals surface area (Å²) in [5, 5.41) is 3.17. The highest BCUT2D eigenvalue weighted by Crippen LogP contribution is 2.35. The number of carbonyl (C=O) groups is 2. The molecule has 1 N–H and O–H groups in total. The van der Waals surface area contributed by atoms with Gasteiger partial charge in [0.25, 0.3) is 11.8 Å². The van der Waals surface area contributed by atoms with Gasteiger partial charge in [-0.2, -0.15) is 0 Å². The molecule has 2 amide bonds. The maximum Gasteiger partial charge on any atom is 0.278 e. The normalized spacial score (nSPS) is 14.0. The molecule has 0 aromatic heterocycles. The van der Waals surface area contributed by atoms with E-state index in [1.807, 2.05) is 44.2 Å². The number of nitrogens with one attached hydrogen (secondary N) is 1. The van der Waals surface area contributed by atoms with Crippen LogP contribution in [0.2, 0.25) is 0 Å². The van der Waals surface area contributed by atoms with Crippen LogP contribution in [0.3, 0.4) is 0 Å². The minimum absolute atomic E-state index is 0.147. The first-order chi connectivity index (χ1) is 13.0. The number of methoxy groups -OCH3 is 1. The molecule has 0 saturated heterocycles. The van der Waals surface area contributed by atoms with Gasteiger partial charge >= 0.3 is 0 Å². The van der Waals surface area contributed by atoms with Crippen LogP contribution in [0, 0.1) is 13.8 Å². The van der Waals surface area contributed by atoms with Crippen molar-refractivity contribution < 1.29 is 14.3 Å². The van der Waals surface area contributed by atoms with E-state index in [1.165, 1.54) is 11.0 Å². The van der Waals surface area contributed by atoms with E-state index < -0.39 is 0 Å². The third kappa shape index (κ3) is 3.49. The molecular formula is C22H22N2O3. The Kier molecular flexibility index (Phi) is 5.12. The molecule has 0 atom stereocenters. The number of amides is 2. The number of anilines is 1. The molecule has 1 heterocycles. The molecule has 3 rings (SSSR count). The molecule has 2 aromatic carbocycles. The highest BCUT2D eigenvalue weighted by Gasteiger charge is 2.39. The van der Waals surface area contributed by atoms with E-state index in [2.05, 4.69) is 11.9 Å². The summed E-state index contributed by atoms with van der Waals surface area (Å²) in [5.74, 6) is -0.204. The summed E-state index contributed by atoms with van der Waals surface area (Å²) in [6.07, 6.45) is 1.54. The fourth-order valence-electron chi connectivity index (χ4n) is 3.28. The first kappa shape index (κ1) is 18.5. The summed E-state index contributed by atoms with van der Waals surface area (Å²) in [6, 6.07) is 13.1. The third-order valence-electron chi connectivity index (χ3n) is 4.35. The second-order valence-corrected chi connectivity index (χ2v) is 6.46. The fraction of sp³-hybridized carbons (Fsp3) is 0.182. The van der Waals surface area contributed by atoms with Gasteiger partial charge in [0.2, 0.25) is 0 Å². The number of rotatable bonds is 6. The van der Waals surface area contributed by atoms with Gasteiger partial charge in [-0.25, -0.2) is 0 Å². The predicted molar refractivity (Wildman–Crippen MR) is 106 cm³/mol.